The second kappa shape index (κ2) is 4.36. The Labute approximate surface area is 93.8 Å². The monoisotopic (exact) mass is 249 g/mol. The van der Waals surface area contributed by atoms with Gasteiger partial charge in [-0.1, -0.05) is 11.6 Å². The quantitative estimate of drug-likeness (QED) is 0.610. The highest BCUT2D eigenvalue weighted by Gasteiger charge is 2.15. The summed E-state index contributed by atoms with van der Waals surface area (Å²) in [5.41, 5.74) is 5.74. The van der Waals surface area contributed by atoms with Crippen LogP contribution in [-0.4, -0.2) is 27.5 Å². The van der Waals surface area contributed by atoms with Crippen molar-refractivity contribution in [1.29, 1.82) is 0 Å². The minimum absolute atomic E-state index is 0.0816. The number of nitrogens with zero attached hydrogens (tertiary/aromatic N) is 1. The first kappa shape index (κ1) is 12.3. The van der Waals surface area contributed by atoms with Gasteiger partial charge >= 0.3 is 0 Å². The van der Waals surface area contributed by atoms with Gasteiger partial charge in [0.1, 0.15) is 0 Å². The molecule has 1 aromatic rings. The van der Waals surface area contributed by atoms with Crippen molar-refractivity contribution in [2.75, 3.05) is 19.8 Å². The number of hydrogen-bond acceptors (Lipinski definition) is 4. The second-order valence-corrected chi connectivity index (χ2v) is 5.24. The van der Waals surface area contributed by atoms with E-state index in [1.165, 1.54) is 23.2 Å². The molecule has 3 N–H and O–H groups in total. The highest BCUT2D eigenvalue weighted by Crippen LogP contribution is 2.21. The molecular weight excluding hydrogens is 238 g/mol. The van der Waals surface area contributed by atoms with Crippen molar-refractivity contribution >= 4 is 27.3 Å². The maximum Gasteiger partial charge on any atom is 0.253 e. The number of benzene rings is 1. The second-order valence-electron chi connectivity index (χ2n) is 3.17. The van der Waals surface area contributed by atoms with E-state index in [0.717, 1.165) is 0 Å². The van der Waals surface area contributed by atoms with Crippen LogP contribution in [0.5, 0.6) is 0 Å². The van der Waals surface area contributed by atoms with E-state index < -0.39 is 10.0 Å². The Morgan fingerprint density at radius 3 is 2.47 bits per heavy atom. The van der Waals surface area contributed by atoms with Crippen LogP contribution in [0.4, 0.5) is 5.69 Å². The maximum absolute atomic E-state index is 11.7. The molecule has 0 aromatic heterocycles. The lowest BCUT2D eigenvalue weighted by Crippen LogP contribution is -2.36. The van der Waals surface area contributed by atoms with Crippen LogP contribution in [0, 0.1) is 0 Å². The summed E-state index contributed by atoms with van der Waals surface area (Å²) in [5.74, 6) is 0. The fourth-order valence-electron chi connectivity index (χ4n) is 0.982. The van der Waals surface area contributed by atoms with Gasteiger partial charge in [0.05, 0.1) is 15.6 Å². The molecule has 1 rings (SSSR count). The van der Waals surface area contributed by atoms with Crippen molar-refractivity contribution in [2.45, 2.75) is 4.90 Å². The van der Waals surface area contributed by atoms with Gasteiger partial charge in [0.25, 0.3) is 10.0 Å². The highest BCUT2D eigenvalue weighted by molar-refractivity contribution is 7.89. The maximum atomic E-state index is 11.7. The molecule has 0 spiro atoms. The van der Waals surface area contributed by atoms with Crippen molar-refractivity contribution in [3.8, 4) is 0 Å². The van der Waals surface area contributed by atoms with Gasteiger partial charge in [0.2, 0.25) is 0 Å². The number of hydrogen-bond donors (Lipinski definition) is 2. The first-order valence-electron chi connectivity index (χ1n) is 4.08. The number of rotatable bonds is 3. The number of nitrogens with one attached hydrogen (secondary N) is 1. The van der Waals surface area contributed by atoms with E-state index in [4.69, 9.17) is 17.3 Å². The Hall–Kier alpha value is -0.820. The summed E-state index contributed by atoms with van der Waals surface area (Å²) in [4.78, 5) is 2.37. The summed E-state index contributed by atoms with van der Waals surface area (Å²) in [6.45, 7) is 0. The topological polar surface area (TPSA) is 75.4 Å². The van der Waals surface area contributed by atoms with Gasteiger partial charge in [-0.15, -0.1) is 4.83 Å². The van der Waals surface area contributed by atoms with Crippen molar-refractivity contribution in [3.63, 3.8) is 0 Å². The molecule has 5 nitrogen and oxygen atoms in total. The molecule has 0 aliphatic carbocycles. The van der Waals surface area contributed by atoms with Crippen LogP contribution in [0.2, 0.25) is 5.02 Å². The van der Waals surface area contributed by atoms with Crippen molar-refractivity contribution in [2.24, 2.45) is 0 Å². The van der Waals surface area contributed by atoms with Gasteiger partial charge in [-0.2, -0.15) is 0 Å². The zero-order valence-electron chi connectivity index (χ0n) is 8.36. The van der Waals surface area contributed by atoms with E-state index in [1.807, 2.05) is 0 Å². The molecule has 0 saturated carbocycles. The van der Waals surface area contributed by atoms with Gasteiger partial charge in [-0.25, -0.2) is 13.4 Å². The molecule has 0 unspecified atom stereocenters. The Balaban J connectivity index is 3.11. The predicted molar refractivity (Wildman–Crippen MR) is 59.9 cm³/mol. The molecule has 7 heteroatoms. The van der Waals surface area contributed by atoms with E-state index in [-0.39, 0.29) is 10.6 Å². The van der Waals surface area contributed by atoms with Crippen LogP contribution in [0.1, 0.15) is 0 Å². The number of anilines is 1. The minimum Gasteiger partial charge on any atom is -0.397 e. The highest BCUT2D eigenvalue weighted by atomic mass is 35.5. The standard InChI is InChI=1S/C8H12ClN3O2S/c1-12(2)11-15(13,14)6-3-4-7(9)8(10)5-6/h3-5,11H,10H2,1-2H3. The average molecular weight is 250 g/mol. The number of sulfonamides is 1. The van der Waals surface area contributed by atoms with Gasteiger partial charge in [-0.05, 0) is 18.2 Å². The van der Waals surface area contributed by atoms with E-state index in [2.05, 4.69) is 4.83 Å². The SMILES string of the molecule is CN(C)NS(=O)(=O)c1ccc(Cl)c(N)c1. The third kappa shape index (κ3) is 3.07. The molecular formula is C8H12ClN3O2S. The molecule has 1 aromatic carbocycles. The molecule has 0 radical (unpaired) electrons. The van der Waals surface area contributed by atoms with Crippen molar-refractivity contribution in [3.05, 3.63) is 23.2 Å². The first-order chi connectivity index (χ1) is 6.83. The van der Waals surface area contributed by atoms with Crippen LogP contribution in [0.3, 0.4) is 0 Å². The molecule has 0 amide bonds. The third-order valence-corrected chi connectivity index (χ3v) is 3.40. The zero-order chi connectivity index (χ0) is 11.6. The van der Waals surface area contributed by atoms with Crippen molar-refractivity contribution in [1.82, 2.24) is 9.84 Å². The van der Waals surface area contributed by atoms with Crippen LogP contribution in [0.15, 0.2) is 23.1 Å². The van der Waals surface area contributed by atoms with Crippen molar-refractivity contribution < 1.29 is 8.42 Å². The van der Waals surface area contributed by atoms with Crippen LogP contribution < -0.4 is 10.6 Å². The Morgan fingerprint density at radius 1 is 1.40 bits per heavy atom. The average Bonchev–Trinajstić information content (AvgIpc) is 2.07. The first-order valence-corrected chi connectivity index (χ1v) is 5.94. The van der Waals surface area contributed by atoms with E-state index in [0.29, 0.717) is 5.02 Å². The molecule has 15 heavy (non-hydrogen) atoms. The fourth-order valence-corrected chi connectivity index (χ4v) is 2.22. The smallest absolute Gasteiger partial charge is 0.253 e. The lowest BCUT2D eigenvalue weighted by atomic mass is 10.3. The van der Waals surface area contributed by atoms with Crippen LogP contribution in [-0.2, 0) is 10.0 Å². The largest absolute Gasteiger partial charge is 0.397 e. The molecule has 0 saturated heterocycles. The van der Waals surface area contributed by atoms with E-state index >= 15 is 0 Å². The van der Waals surface area contributed by atoms with Crippen LogP contribution in [0.25, 0.3) is 0 Å². The lowest BCUT2D eigenvalue weighted by Gasteiger charge is -2.12. The molecule has 0 heterocycles. The fraction of sp³-hybridized carbons (Fsp3) is 0.250. The van der Waals surface area contributed by atoms with Crippen LogP contribution >= 0.6 is 11.6 Å². The normalized spacial score (nSPS) is 12.0. The van der Waals surface area contributed by atoms with Gasteiger partial charge in [0, 0.05) is 14.1 Å². The predicted octanol–water partition coefficient (Wildman–Crippen LogP) is 0.677. The summed E-state index contributed by atoms with van der Waals surface area (Å²) in [5, 5.41) is 1.67. The number of nitrogens with two attached hydrogens (primary N) is 1. The minimum atomic E-state index is -3.56. The summed E-state index contributed by atoms with van der Waals surface area (Å²) in [7, 11) is -0.401. The number of hydrazine groups is 1. The Kier molecular flexibility index (Phi) is 3.56. The van der Waals surface area contributed by atoms with E-state index in [9.17, 15) is 8.42 Å². The summed E-state index contributed by atoms with van der Waals surface area (Å²) < 4.78 is 23.3. The number of nitrogen functional groups attached to an aromatic ring is 1. The molecule has 0 fully saturated rings. The summed E-state index contributed by atoms with van der Waals surface area (Å²) in [6, 6.07) is 4.15. The molecule has 0 aliphatic rings. The zero-order valence-corrected chi connectivity index (χ0v) is 9.93. The number of halogens is 1. The molecule has 0 atom stereocenters. The van der Waals surface area contributed by atoms with E-state index in [1.54, 1.807) is 14.1 Å². The summed E-state index contributed by atoms with van der Waals surface area (Å²) >= 11 is 5.69. The van der Waals surface area contributed by atoms with Gasteiger partial charge in [-0.3, -0.25) is 0 Å². The third-order valence-electron chi connectivity index (χ3n) is 1.58. The van der Waals surface area contributed by atoms with Gasteiger partial charge in [0.15, 0.2) is 0 Å². The lowest BCUT2D eigenvalue weighted by molar-refractivity contribution is 0.364. The van der Waals surface area contributed by atoms with Gasteiger partial charge < -0.3 is 5.73 Å². The Bertz CT molecular complexity index is 459. The summed E-state index contributed by atoms with van der Waals surface area (Å²) in [6.07, 6.45) is 0. The molecule has 84 valence electrons. The molecule has 0 bridgehead atoms. The Morgan fingerprint density at radius 2 is 2.00 bits per heavy atom. The molecule has 0 aliphatic heterocycles.